The van der Waals surface area contributed by atoms with Crippen LogP contribution in [0.5, 0.6) is 0 Å². The largest absolute Gasteiger partial charge is 0.226 e. The topological polar surface area (TPSA) is 0 Å². The summed E-state index contributed by atoms with van der Waals surface area (Å²) in [5.41, 5.74) is 3.51. The van der Waals surface area contributed by atoms with Gasteiger partial charge < -0.3 is 0 Å². The Bertz CT molecular complexity index is 702. The average Bonchev–Trinajstić information content (AvgIpc) is 2.39. The van der Waals surface area contributed by atoms with Gasteiger partial charge in [-0.1, -0.05) is 17.7 Å². The normalized spacial score (nSPS) is 3.12. The predicted octanol–water partition coefficient (Wildman–Crippen LogP) is 4.31. The molecule has 3 aromatic carbocycles. The molecule has 0 amide bonds. The summed E-state index contributed by atoms with van der Waals surface area (Å²) in [6, 6.07) is 25.2. The number of fused-ring (bicyclic) bond motifs is 1. The first-order chi connectivity index (χ1) is 8.34. The molecule has 3 rings (SSSR count). The van der Waals surface area contributed by atoms with E-state index in [0.29, 0.717) is 0 Å². The van der Waals surface area contributed by atoms with Crippen LogP contribution in [0.4, 0.5) is 0 Å². The molecule has 0 aromatic heterocycles. The van der Waals surface area contributed by atoms with Gasteiger partial charge in [0.2, 0.25) is 0 Å². The van der Waals surface area contributed by atoms with Crippen molar-refractivity contribution in [3.63, 3.8) is 0 Å². The monoisotopic (exact) mass is 3860 g/mol. The van der Waals surface area contributed by atoms with E-state index in [4.69, 9.17) is 0 Å². The molecule has 41 radical (unpaired) electrons. The summed E-state index contributed by atoms with van der Waals surface area (Å²) >= 11 is 0. The van der Waals surface area contributed by atoms with Crippen LogP contribution in [0.15, 0.2) is 54.6 Å². The number of aryl methyl sites for hydroxylation is 1. The van der Waals surface area contributed by atoms with Crippen LogP contribution >= 0.6 is 0 Å². The third-order valence-electron chi connectivity index (χ3n) is 2.95. The maximum Gasteiger partial charge on any atom is 0 e. The van der Waals surface area contributed by atoms with Crippen molar-refractivity contribution >= 4 is 10.8 Å². The zero-order valence-corrected chi connectivity index (χ0v) is 150. The van der Waals surface area contributed by atoms with Crippen LogP contribution in [-0.4, -0.2) is 0 Å². The van der Waals surface area contributed by atoms with Crippen LogP contribution in [0, 0.1) is 19.1 Å². The first-order valence-electron chi connectivity index (χ1n) is 5.73. The van der Waals surface area contributed by atoms with Gasteiger partial charge in [0.05, 0.1) is 0 Å². The van der Waals surface area contributed by atoms with Crippen molar-refractivity contribution in [2.75, 3.05) is 0 Å². The molecule has 0 aliphatic heterocycles. The quantitative estimate of drug-likeness (QED) is 0.320. The van der Waals surface area contributed by atoms with E-state index in [0.717, 1.165) is 11.1 Å². The summed E-state index contributed by atoms with van der Waals surface area (Å²) in [7, 11) is 0. The van der Waals surface area contributed by atoms with Crippen molar-refractivity contribution in [3.05, 3.63) is 72.3 Å². The van der Waals surface area contributed by atoms with Crippen molar-refractivity contribution in [1.29, 1.82) is 0 Å². The molecule has 0 N–H and O–H groups in total. The van der Waals surface area contributed by atoms with E-state index in [1.54, 1.807) is 0 Å². The van der Waals surface area contributed by atoms with E-state index < -0.39 is 0 Å². The number of benzene rings is 3. The van der Waals surface area contributed by atoms with E-state index in [1.165, 1.54) is 16.3 Å². The van der Waals surface area contributed by atoms with Gasteiger partial charge in [-0.15, -0.1) is 29.0 Å². The van der Waals surface area contributed by atoms with Crippen LogP contribution in [-0.2, 0) is 1340 Å². The molecule has 0 bridgehead atoms. The molecule has 41 heteroatoms. The molecule has 0 spiro atoms. The number of hydrogen-bond donors (Lipinski definition) is 0. The van der Waals surface area contributed by atoms with Gasteiger partial charge in [0.15, 0.2) is 0 Å². The molecule has 0 saturated heterocycles. The Hall–Kier alpha value is 43.2. The van der Waals surface area contributed by atoms with Crippen LogP contribution in [0.25, 0.3) is 21.9 Å². The minimum Gasteiger partial charge on any atom is -0.226 e. The van der Waals surface area contributed by atoms with Crippen LogP contribution in [0.2, 0.25) is 0 Å². The fourth-order valence-electron chi connectivity index (χ4n) is 2.11. The first-order valence-corrected chi connectivity index (χ1v) is 5.73. The fraction of sp³-hybridized carbons (Fsp3) is 0.0588. The Morgan fingerprint density at radius 3 is 0.793 bits per heavy atom. The summed E-state index contributed by atoms with van der Waals surface area (Å²) in [5.74, 6) is 0. The van der Waals surface area contributed by atoms with Crippen molar-refractivity contribution in [2.24, 2.45) is 0 Å². The summed E-state index contributed by atoms with van der Waals surface area (Å²) in [6.45, 7) is 2.12. The third-order valence-corrected chi connectivity index (χ3v) is 2.95. The van der Waals surface area contributed by atoms with Gasteiger partial charge in [-0.2, -0.15) is 36.4 Å². The van der Waals surface area contributed by atoms with E-state index in [9.17, 15) is 0 Å². The summed E-state index contributed by atoms with van der Waals surface area (Å²) in [4.78, 5) is 0. The van der Waals surface area contributed by atoms with Gasteiger partial charge in [-0.3, -0.25) is 0 Å². The van der Waals surface area contributed by atoms with Crippen molar-refractivity contribution in [3.8, 4) is 11.1 Å². The van der Waals surface area contributed by atoms with Crippen molar-refractivity contribution in [2.45, 2.75) is 6.92 Å². The van der Waals surface area contributed by atoms with Crippen LogP contribution in [0.3, 0.4) is 0 Å². The minimum atomic E-state index is 0. The molecule has 58 heavy (non-hydrogen) atoms. The molecule has 0 heterocycles. The SMILES string of the molecule is Cc1ccc2c(-c3[c-]cccc3)[c-]ccc2c1.[Y].[Y].[Y].[Y].[Y].[Y].[Y].[Y].[Y].[Y].[Y].[Y].[Y].[Y].[Y].[Y].[Y].[Y].[Y].[Y].[Y].[Y].[Y].[Y].[Y].[Y].[Y].[Y].[Y].[Y].[Y].[Y].[Y].[Y].[Y].[Y].[Y].[Y].[Y].[Y].[Y]. The standard InChI is InChI=1S/C17H12.41Y/c1-13-10-11-17-15(12-13)8-5-9-16(17)14-6-3-2-4-7-14;;;;;;;;;;;;;;;;;;;;;;;;;;;;;;;;;;;;;;;;;/h2-6,8,10-12H,1H3;;;;;;;;;;;;;;;;;;;;;;;;;;;;;;;;;;;;;;;;;/q-2;;;;;;;;;;;;;;;;;;;;;;;;;;;;;;;;;;;;;;;;;. The van der Waals surface area contributed by atoms with Crippen LogP contribution in [0.1, 0.15) is 5.56 Å². The molecular weight excluding hydrogens is 3850 g/mol. The van der Waals surface area contributed by atoms with Gasteiger partial charge in [0.25, 0.3) is 0 Å². The second kappa shape index (κ2) is 206. The molecular formula is C17H12Y41-2. The molecule has 0 nitrogen and oxygen atoms in total. The Balaban J connectivity index is -0.00000000238. The smallest absolute Gasteiger partial charge is 0 e. The molecule has 0 fully saturated rings. The number of hydrogen-bond acceptors (Lipinski definition) is 0. The fourth-order valence-corrected chi connectivity index (χ4v) is 2.11. The molecule has 0 unspecified atom stereocenters. The van der Waals surface area contributed by atoms with E-state index in [1.807, 2.05) is 24.3 Å². The molecule has 3 aromatic rings. The van der Waals surface area contributed by atoms with Gasteiger partial charge in [0, 0.05) is 1340 Å². The Morgan fingerprint density at radius 2 is 0.552 bits per heavy atom. The van der Waals surface area contributed by atoms with Crippen molar-refractivity contribution in [1.82, 2.24) is 0 Å². The van der Waals surface area contributed by atoms with Gasteiger partial charge in [0.1, 0.15) is 0 Å². The van der Waals surface area contributed by atoms with Crippen LogP contribution < -0.4 is 0 Å². The predicted molar refractivity (Wildman–Crippen MR) is 71.8 cm³/mol. The van der Waals surface area contributed by atoms with E-state index in [-0.39, 0.29) is 1340 Å². The molecule has 205 valence electrons. The summed E-state index contributed by atoms with van der Waals surface area (Å²) < 4.78 is 0. The third kappa shape index (κ3) is 156. The number of rotatable bonds is 1. The summed E-state index contributed by atoms with van der Waals surface area (Å²) in [5, 5.41) is 2.50. The molecule has 0 aliphatic rings. The summed E-state index contributed by atoms with van der Waals surface area (Å²) in [6.07, 6.45) is 0. The van der Waals surface area contributed by atoms with E-state index in [2.05, 4.69) is 49.4 Å². The Morgan fingerprint density at radius 1 is 0.276 bits per heavy atom. The average molecular weight is 3860 g/mol. The molecule has 0 atom stereocenters. The maximum atomic E-state index is 3.32. The Kier molecular flexibility index (Phi) is 932. The van der Waals surface area contributed by atoms with E-state index >= 15 is 0 Å². The maximum absolute atomic E-state index is 3.32. The minimum absolute atomic E-state index is 0. The van der Waals surface area contributed by atoms with Gasteiger partial charge in [-0.05, 0) is 6.92 Å². The second-order valence-electron chi connectivity index (χ2n) is 4.22. The molecule has 0 aliphatic carbocycles. The van der Waals surface area contributed by atoms with Gasteiger partial charge >= 0.3 is 0 Å². The van der Waals surface area contributed by atoms with Crippen molar-refractivity contribution < 1.29 is 1340 Å². The first kappa shape index (κ1) is 263. The molecule has 0 saturated carbocycles. The zero-order valence-electron chi connectivity index (χ0n) is 33.4. The zero-order chi connectivity index (χ0) is 11.7. The second-order valence-corrected chi connectivity index (χ2v) is 4.22. The van der Waals surface area contributed by atoms with Gasteiger partial charge in [-0.25, -0.2) is 11.1 Å². The Labute approximate surface area is 1390 Å².